The van der Waals surface area contributed by atoms with Crippen molar-refractivity contribution >= 4 is 11.8 Å². The van der Waals surface area contributed by atoms with E-state index in [2.05, 4.69) is 5.32 Å². The predicted molar refractivity (Wildman–Crippen MR) is 75.3 cm³/mol. The minimum atomic E-state index is -0.416. The molecule has 0 atom stereocenters. The lowest BCUT2D eigenvalue weighted by Crippen LogP contribution is -2.35. The van der Waals surface area contributed by atoms with Crippen LogP contribution in [0.2, 0.25) is 0 Å². The number of rotatable bonds is 4. The van der Waals surface area contributed by atoms with Crippen LogP contribution in [0.4, 0.5) is 4.39 Å². The van der Waals surface area contributed by atoms with Crippen molar-refractivity contribution in [3.63, 3.8) is 0 Å². The smallest absolute Gasteiger partial charge is 0.259 e. The number of nitrogens with zero attached hydrogens (tertiary/aromatic N) is 1. The third kappa shape index (κ3) is 3.91. The lowest BCUT2D eigenvalue weighted by Gasteiger charge is -2.19. The summed E-state index contributed by atoms with van der Waals surface area (Å²) in [5, 5.41) is 2.45. The van der Waals surface area contributed by atoms with E-state index in [0.717, 1.165) is 0 Å². The van der Waals surface area contributed by atoms with Crippen LogP contribution in [0.25, 0.3) is 0 Å². The Kier molecular flexibility index (Phi) is 5.43. The van der Waals surface area contributed by atoms with Gasteiger partial charge < -0.3 is 10.2 Å². The summed E-state index contributed by atoms with van der Waals surface area (Å²) in [5.41, 5.74) is 1.43. The molecular formula is C15H19FN2O2. The van der Waals surface area contributed by atoms with Gasteiger partial charge in [-0.3, -0.25) is 9.59 Å². The molecule has 1 N–H and O–H groups in total. The SMILES string of the molecule is CNC(=O)C(C(=O)N(C)Cc1cccc(F)c1)=C(C)C. The number of amides is 2. The van der Waals surface area contributed by atoms with Crippen LogP contribution in [-0.2, 0) is 16.1 Å². The first-order chi connectivity index (χ1) is 9.36. The molecule has 0 aliphatic carbocycles. The van der Waals surface area contributed by atoms with Gasteiger partial charge in [0.25, 0.3) is 11.8 Å². The number of likely N-dealkylation sites (N-methyl/N-ethyl adjacent to an activating group) is 2. The molecule has 0 unspecified atom stereocenters. The van der Waals surface area contributed by atoms with E-state index >= 15 is 0 Å². The summed E-state index contributed by atoms with van der Waals surface area (Å²) < 4.78 is 13.1. The Balaban J connectivity index is 2.91. The van der Waals surface area contributed by atoms with Gasteiger partial charge in [0.05, 0.1) is 0 Å². The van der Waals surface area contributed by atoms with Gasteiger partial charge in [-0.2, -0.15) is 0 Å². The van der Waals surface area contributed by atoms with E-state index in [4.69, 9.17) is 0 Å². The Hall–Kier alpha value is -2.17. The summed E-state index contributed by atoms with van der Waals surface area (Å²) in [6.45, 7) is 3.65. The molecule has 108 valence electrons. The Morgan fingerprint density at radius 2 is 1.95 bits per heavy atom. The maximum atomic E-state index is 13.1. The molecule has 0 radical (unpaired) electrons. The van der Waals surface area contributed by atoms with E-state index in [0.29, 0.717) is 11.1 Å². The van der Waals surface area contributed by atoms with E-state index in [9.17, 15) is 14.0 Å². The van der Waals surface area contributed by atoms with Gasteiger partial charge in [0.1, 0.15) is 11.4 Å². The fraction of sp³-hybridized carbons (Fsp3) is 0.333. The van der Waals surface area contributed by atoms with Gasteiger partial charge in [0.15, 0.2) is 0 Å². The molecule has 0 heterocycles. The van der Waals surface area contributed by atoms with Gasteiger partial charge in [0, 0.05) is 20.6 Å². The van der Waals surface area contributed by atoms with E-state index in [-0.39, 0.29) is 23.8 Å². The molecule has 20 heavy (non-hydrogen) atoms. The second-order valence-electron chi connectivity index (χ2n) is 4.75. The number of allylic oxidation sites excluding steroid dienone is 1. The lowest BCUT2D eigenvalue weighted by atomic mass is 10.1. The number of carbonyl (C=O) groups excluding carboxylic acids is 2. The zero-order valence-electron chi connectivity index (χ0n) is 12.2. The maximum Gasteiger partial charge on any atom is 0.259 e. The van der Waals surface area contributed by atoms with Crippen molar-refractivity contribution in [3.05, 3.63) is 46.8 Å². The molecule has 4 nitrogen and oxygen atoms in total. The van der Waals surface area contributed by atoms with Crippen molar-refractivity contribution in [3.8, 4) is 0 Å². The largest absolute Gasteiger partial charge is 0.355 e. The minimum Gasteiger partial charge on any atom is -0.355 e. The third-order valence-electron chi connectivity index (χ3n) is 2.82. The number of nitrogens with one attached hydrogen (secondary N) is 1. The van der Waals surface area contributed by atoms with Crippen molar-refractivity contribution in [1.82, 2.24) is 10.2 Å². The summed E-state index contributed by atoms with van der Waals surface area (Å²) in [6, 6.07) is 6.03. The molecule has 5 heteroatoms. The standard InChI is InChI=1S/C15H19FN2O2/c1-10(2)13(14(19)17-3)15(20)18(4)9-11-6-5-7-12(16)8-11/h5-8H,9H2,1-4H3,(H,17,19). The van der Waals surface area contributed by atoms with E-state index in [1.807, 2.05) is 0 Å². The molecule has 0 saturated carbocycles. The Labute approximate surface area is 118 Å². The van der Waals surface area contributed by atoms with Crippen LogP contribution in [0.15, 0.2) is 35.4 Å². The van der Waals surface area contributed by atoms with Gasteiger partial charge in [-0.25, -0.2) is 4.39 Å². The van der Waals surface area contributed by atoms with Gasteiger partial charge in [-0.05, 0) is 31.5 Å². The zero-order chi connectivity index (χ0) is 15.3. The van der Waals surface area contributed by atoms with Gasteiger partial charge >= 0.3 is 0 Å². The quantitative estimate of drug-likeness (QED) is 0.519. The van der Waals surface area contributed by atoms with Crippen molar-refractivity contribution in [2.75, 3.05) is 14.1 Å². The highest BCUT2D eigenvalue weighted by molar-refractivity contribution is 6.18. The monoisotopic (exact) mass is 278 g/mol. The molecule has 2 amide bonds. The number of hydrogen-bond acceptors (Lipinski definition) is 2. The second kappa shape index (κ2) is 6.84. The van der Waals surface area contributed by atoms with Crippen LogP contribution in [0.5, 0.6) is 0 Å². The summed E-state index contributed by atoms with van der Waals surface area (Å²) in [4.78, 5) is 25.4. The van der Waals surface area contributed by atoms with E-state index in [1.54, 1.807) is 33.0 Å². The summed E-state index contributed by atoms with van der Waals surface area (Å²) in [7, 11) is 3.06. The highest BCUT2D eigenvalue weighted by Gasteiger charge is 2.22. The first-order valence-corrected chi connectivity index (χ1v) is 6.26. The maximum absolute atomic E-state index is 13.1. The highest BCUT2D eigenvalue weighted by atomic mass is 19.1. The van der Waals surface area contributed by atoms with Crippen LogP contribution in [0.3, 0.4) is 0 Å². The van der Waals surface area contributed by atoms with Crippen LogP contribution >= 0.6 is 0 Å². The van der Waals surface area contributed by atoms with Crippen LogP contribution in [0.1, 0.15) is 19.4 Å². The molecule has 1 aromatic rings. The molecule has 0 aliphatic rings. The average molecular weight is 278 g/mol. The average Bonchev–Trinajstić information content (AvgIpc) is 2.38. The first-order valence-electron chi connectivity index (χ1n) is 6.26. The number of benzene rings is 1. The summed E-state index contributed by atoms with van der Waals surface area (Å²) in [6.07, 6.45) is 0. The molecule has 0 aliphatic heterocycles. The normalized spacial score (nSPS) is 9.85. The minimum absolute atomic E-state index is 0.117. The molecule has 1 aromatic carbocycles. The Morgan fingerprint density at radius 1 is 1.30 bits per heavy atom. The molecule has 0 spiro atoms. The van der Waals surface area contributed by atoms with E-state index < -0.39 is 5.91 Å². The Bertz CT molecular complexity index is 549. The van der Waals surface area contributed by atoms with Crippen LogP contribution in [-0.4, -0.2) is 30.8 Å². The molecule has 0 saturated heterocycles. The molecule has 1 rings (SSSR count). The van der Waals surface area contributed by atoms with Gasteiger partial charge in [-0.1, -0.05) is 17.7 Å². The number of carbonyl (C=O) groups is 2. The van der Waals surface area contributed by atoms with Crippen molar-refractivity contribution in [1.29, 1.82) is 0 Å². The number of hydrogen-bond donors (Lipinski definition) is 1. The van der Waals surface area contributed by atoms with Crippen LogP contribution in [0, 0.1) is 5.82 Å². The third-order valence-corrected chi connectivity index (χ3v) is 2.82. The molecule has 0 aromatic heterocycles. The van der Waals surface area contributed by atoms with E-state index in [1.165, 1.54) is 24.1 Å². The topological polar surface area (TPSA) is 49.4 Å². The van der Waals surface area contributed by atoms with Gasteiger partial charge in [0.2, 0.25) is 0 Å². The lowest BCUT2D eigenvalue weighted by molar-refractivity contribution is -0.129. The fourth-order valence-corrected chi connectivity index (χ4v) is 1.83. The van der Waals surface area contributed by atoms with Crippen LogP contribution < -0.4 is 5.32 Å². The summed E-state index contributed by atoms with van der Waals surface area (Å²) in [5.74, 6) is -1.15. The van der Waals surface area contributed by atoms with Crippen molar-refractivity contribution in [2.24, 2.45) is 0 Å². The molecule has 0 fully saturated rings. The predicted octanol–water partition coefficient (Wildman–Crippen LogP) is 1.87. The Morgan fingerprint density at radius 3 is 2.45 bits per heavy atom. The first kappa shape index (κ1) is 15.9. The molecule has 0 bridgehead atoms. The second-order valence-corrected chi connectivity index (χ2v) is 4.75. The zero-order valence-corrected chi connectivity index (χ0v) is 12.2. The summed E-state index contributed by atoms with van der Waals surface area (Å²) >= 11 is 0. The highest BCUT2D eigenvalue weighted by Crippen LogP contribution is 2.11. The van der Waals surface area contributed by atoms with Gasteiger partial charge in [-0.15, -0.1) is 0 Å². The van der Waals surface area contributed by atoms with Crippen molar-refractivity contribution < 1.29 is 14.0 Å². The molecular weight excluding hydrogens is 259 g/mol. The number of halogens is 1. The fourth-order valence-electron chi connectivity index (χ4n) is 1.83. The van der Waals surface area contributed by atoms with Crippen molar-refractivity contribution in [2.45, 2.75) is 20.4 Å².